The number of hydrogen-bond acceptors (Lipinski definition) is 2. The number of ether oxygens (including phenoxy) is 1. The fraction of sp³-hybridized carbons (Fsp3) is 0.571. The number of piperidine rings is 1. The second-order valence-corrected chi connectivity index (χ2v) is 4.89. The third kappa shape index (κ3) is 3.24. The Kier molecular flexibility index (Phi) is 3.83. The first-order chi connectivity index (χ1) is 7.74. The molecule has 0 saturated carbocycles. The molecule has 1 aliphatic rings. The molecule has 0 bridgehead atoms. The average molecular weight is 219 g/mol. The summed E-state index contributed by atoms with van der Waals surface area (Å²) in [5.74, 6) is 1.69. The summed E-state index contributed by atoms with van der Waals surface area (Å²) in [6, 6.07) is 8.31. The standard InChI is InChI=1S/C14H21NO/c1-12-5-7-14(8-6-12)16-11-13-4-3-9-15(2)10-13/h5-8,13H,3-4,9-11H2,1-2H3. The lowest BCUT2D eigenvalue weighted by atomic mass is 10.00. The van der Waals surface area contributed by atoms with Gasteiger partial charge in [-0.1, -0.05) is 17.7 Å². The predicted octanol–water partition coefficient (Wildman–Crippen LogP) is 2.72. The van der Waals surface area contributed by atoms with Gasteiger partial charge in [-0.05, 0) is 45.5 Å². The highest BCUT2D eigenvalue weighted by Crippen LogP contribution is 2.18. The second kappa shape index (κ2) is 5.35. The van der Waals surface area contributed by atoms with Gasteiger partial charge in [0, 0.05) is 12.5 Å². The summed E-state index contributed by atoms with van der Waals surface area (Å²) < 4.78 is 5.82. The summed E-state index contributed by atoms with van der Waals surface area (Å²) in [6.07, 6.45) is 2.61. The summed E-state index contributed by atoms with van der Waals surface area (Å²) in [6.45, 7) is 5.36. The van der Waals surface area contributed by atoms with Gasteiger partial charge in [0.2, 0.25) is 0 Å². The van der Waals surface area contributed by atoms with E-state index in [1.165, 1.54) is 31.5 Å². The topological polar surface area (TPSA) is 12.5 Å². The maximum atomic E-state index is 5.82. The minimum Gasteiger partial charge on any atom is -0.493 e. The van der Waals surface area contributed by atoms with Crippen molar-refractivity contribution in [1.82, 2.24) is 4.90 Å². The largest absolute Gasteiger partial charge is 0.493 e. The lowest BCUT2D eigenvalue weighted by molar-refractivity contribution is 0.150. The van der Waals surface area contributed by atoms with Crippen LogP contribution in [0.3, 0.4) is 0 Å². The first-order valence-electron chi connectivity index (χ1n) is 6.12. The highest BCUT2D eigenvalue weighted by Gasteiger charge is 2.17. The summed E-state index contributed by atoms with van der Waals surface area (Å²) in [7, 11) is 2.19. The van der Waals surface area contributed by atoms with Gasteiger partial charge in [-0.2, -0.15) is 0 Å². The van der Waals surface area contributed by atoms with Crippen LogP contribution in [0.15, 0.2) is 24.3 Å². The van der Waals surface area contributed by atoms with E-state index in [4.69, 9.17) is 4.74 Å². The fourth-order valence-corrected chi connectivity index (χ4v) is 2.26. The summed E-state index contributed by atoms with van der Waals surface area (Å²) >= 11 is 0. The quantitative estimate of drug-likeness (QED) is 0.775. The Morgan fingerprint density at radius 3 is 2.75 bits per heavy atom. The first-order valence-corrected chi connectivity index (χ1v) is 6.12. The van der Waals surface area contributed by atoms with Gasteiger partial charge in [-0.15, -0.1) is 0 Å². The van der Waals surface area contributed by atoms with Gasteiger partial charge >= 0.3 is 0 Å². The predicted molar refractivity (Wildman–Crippen MR) is 66.9 cm³/mol. The minimum absolute atomic E-state index is 0.694. The number of benzene rings is 1. The Balaban J connectivity index is 1.80. The summed E-state index contributed by atoms with van der Waals surface area (Å²) in [5.41, 5.74) is 1.28. The Bertz CT molecular complexity index is 320. The molecule has 1 fully saturated rings. The van der Waals surface area contributed by atoms with Crippen molar-refractivity contribution in [3.63, 3.8) is 0 Å². The Hall–Kier alpha value is -1.02. The van der Waals surface area contributed by atoms with Crippen molar-refractivity contribution in [3.8, 4) is 5.75 Å². The molecule has 0 radical (unpaired) electrons. The highest BCUT2D eigenvalue weighted by molar-refractivity contribution is 5.26. The van der Waals surface area contributed by atoms with Gasteiger partial charge in [0.25, 0.3) is 0 Å². The Labute approximate surface area is 98.2 Å². The second-order valence-electron chi connectivity index (χ2n) is 4.89. The van der Waals surface area contributed by atoms with Crippen LogP contribution in [0.4, 0.5) is 0 Å². The van der Waals surface area contributed by atoms with Crippen LogP contribution in [0.5, 0.6) is 5.75 Å². The van der Waals surface area contributed by atoms with E-state index in [1.54, 1.807) is 0 Å². The molecule has 0 spiro atoms. The molecular weight excluding hydrogens is 198 g/mol. The molecule has 1 aromatic carbocycles. The van der Waals surface area contributed by atoms with Crippen LogP contribution in [0.1, 0.15) is 18.4 Å². The Morgan fingerprint density at radius 2 is 2.06 bits per heavy atom. The molecule has 1 aromatic rings. The lowest BCUT2D eigenvalue weighted by Crippen LogP contribution is -2.34. The molecule has 16 heavy (non-hydrogen) atoms. The van der Waals surface area contributed by atoms with E-state index in [1.807, 2.05) is 0 Å². The zero-order valence-corrected chi connectivity index (χ0v) is 10.3. The highest BCUT2D eigenvalue weighted by atomic mass is 16.5. The molecule has 2 nitrogen and oxygen atoms in total. The van der Waals surface area contributed by atoms with Crippen LogP contribution >= 0.6 is 0 Å². The van der Waals surface area contributed by atoms with Crippen molar-refractivity contribution in [2.24, 2.45) is 5.92 Å². The van der Waals surface area contributed by atoms with E-state index in [0.29, 0.717) is 5.92 Å². The molecule has 1 saturated heterocycles. The van der Waals surface area contributed by atoms with Crippen LogP contribution in [-0.4, -0.2) is 31.6 Å². The van der Waals surface area contributed by atoms with Crippen molar-refractivity contribution in [2.75, 3.05) is 26.7 Å². The van der Waals surface area contributed by atoms with Crippen LogP contribution < -0.4 is 4.74 Å². The van der Waals surface area contributed by atoms with Crippen LogP contribution in [0, 0.1) is 12.8 Å². The van der Waals surface area contributed by atoms with Crippen molar-refractivity contribution >= 4 is 0 Å². The monoisotopic (exact) mass is 219 g/mol. The third-order valence-corrected chi connectivity index (χ3v) is 3.23. The molecule has 0 N–H and O–H groups in total. The smallest absolute Gasteiger partial charge is 0.119 e. The maximum Gasteiger partial charge on any atom is 0.119 e. The molecule has 0 aromatic heterocycles. The summed E-state index contributed by atoms with van der Waals surface area (Å²) in [4.78, 5) is 2.40. The van der Waals surface area contributed by atoms with E-state index < -0.39 is 0 Å². The van der Waals surface area contributed by atoms with Crippen molar-refractivity contribution in [1.29, 1.82) is 0 Å². The van der Waals surface area contributed by atoms with Crippen molar-refractivity contribution in [3.05, 3.63) is 29.8 Å². The van der Waals surface area contributed by atoms with Crippen molar-refractivity contribution < 1.29 is 4.74 Å². The Morgan fingerprint density at radius 1 is 1.31 bits per heavy atom. The molecular formula is C14H21NO. The molecule has 1 heterocycles. The van der Waals surface area contributed by atoms with Gasteiger partial charge in [0.05, 0.1) is 6.61 Å². The molecule has 1 unspecified atom stereocenters. The van der Waals surface area contributed by atoms with E-state index >= 15 is 0 Å². The minimum atomic E-state index is 0.694. The van der Waals surface area contributed by atoms with Gasteiger partial charge in [0.1, 0.15) is 5.75 Å². The van der Waals surface area contributed by atoms with Crippen molar-refractivity contribution in [2.45, 2.75) is 19.8 Å². The van der Waals surface area contributed by atoms with Crippen LogP contribution in [0.25, 0.3) is 0 Å². The van der Waals surface area contributed by atoms with Crippen LogP contribution in [0.2, 0.25) is 0 Å². The lowest BCUT2D eigenvalue weighted by Gasteiger charge is -2.29. The molecule has 88 valence electrons. The molecule has 2 heteroatoms. The SMILES string of the molecule is Cc1ccc(OCC2CCCN(C)C2)cc1. The molecule has 1 atom stereocenters. The van der Waals surface area contributed by atoms with Gasteiger partial charge in [-0.25, -0.2) is 0 Å². The van der Waals surface area contributed by atoms with E-state index in [9.17, 15) is 0 Å². The van der Waals surface area contributed by atoms with E-state index in [2.05, 4.69) is 43.1 Å². The van der Waals surface area contributed by atoms with E-state index in [0.717, 1.165) is 12.4 Å². The van der Waals surface area contributed by atoms with Gasteiger partial charge in [0.15, 0.2) is 0 Å². The zero-order chi connectivity index (χ0) is 11.4. The number of aryl methyl sites for hydroxylation is 1. The normalized spacial score (nSPS) is 22.0. The summed E-state index contributed by atoms with van der Waals surface area (Å²) in [5, 5.41) is 0. The third-order valence-electron chi connectivity index (χ3n) is 3.23. The zero-order valence-electron chi connectivity index (χ0n) is 10.3. The fourth-order valence-electron chi connectivity index (χ4n) is 2.26. The molecule has 2 rings (SSSR count). The number of likely N-dealkylation sites (tertiary alicyclic amines) is 1. The van der Waals surface area contributed by atoms with E-state index in [-0.39, 0.29) is 0 Å². The number of hydrogen-bond donors (Lipinski definition) is 0. The van der Waals surface area contributed by atoms with Gasteiger partial charge < -0.3 is 9.64 Å². The molecule has 1 aliphatic heterocycles. The first kappa shape index (κ1) is 11.5. The molecule has 0 amide bonds. The van der Waals surface area contributed by atoms with Crippen LogP contribution in [-0.2, 0) is 0 Å². The molecule has 0 aliphatic carbocycles. The average Bonchev–Trinajstić information content (AvgIpc) is 2.28. The number of rotatable bonds is 3. The maximum absolute atomic E-state index is 5.82. The van der Waals surface area contributed by atoms with Gasteiger partial charge in [-0.3, -0.25) is 0 Å². The number of nitrogens with zero attached hydrogens (tertiary/aromatic N) is 1.